The predicted octanol–water partition coefficient (Wildman–Crippen LogP) is 3.82. The molecule has 2 aromatic carbocycles. The number of aliphatic imine (C=N–C) groups is 1. The Morgan fingerprint density at radius 2 is 1.79 bits per heavy atom. The van der Waals surface area contributed by atoms with E-state index in [4.69, 9.17) is 0 Å². The van der Waals surface area contributed by atoms with Crippen LogP contribution in [-0.2, 0) is 6.54 Å². The van der Waals surface area contributed by atoms with Gasteiger partial charge in [-0.05, 0) is 29.7 Å². The lowest BCUT2D eigenvalue weighted by Gasteiger charge is -2.37. The molecule has 1 aliphatic heterocycles. The van der Waals surface area contributed by atoms with E-state index in [2.05, 4.69) is 43.3 Å². The van der Waals surface area contributed by atoms with Gasteiger partial charge >= 0.3 is 0 Å². The Labute approximate surface area is 181 Å². The molecule has 0 atom stereocenters. The number of benzene rings is 2. The second-order valence-corrected chi connectivity index (χ2v) is 6.71. The summed E-state index contributed by atoms with van der Waals surface area (Å²) in [4.78, 5) is 12.2. The minimum atomic E-state index is -0.160. The van der Waals surface area contributed by atoms with Crippen molar-refractivity contribution in [1.82, 2.24) is 15.2 Å². The second kappa shape index (κ2) is 9.27. The van der Waals surface area contributed by atoms with Crippen molar-refractivity contribution >= 4 is 46.5 Å². The molecule has 3 aromatic rings. The number of aromatic amines is 1. The van der Waals surface area contributed by atoms with Gasteiger partial charge in [0.15, 0.2) is 5.96 Å². The first-order valence-corrected chi connectivity index (χ1v) is 9.26. The third-order valence-corrected chi connectivity index (χ3v) is 5.01. The lowest BCUT2D eigenvalue weighted by Crippen LogP contribution is -2.52. The average Bonchev–Trinajstić information content (AvgIpc) is 3.12. The lowest BCUT2D eigenvalue weighted by molar-refractivity contribution is 0.370. The Morgan fingerprint density at radius 3 is 2.50 bits per heavy atom. The molecule has 2 heterocycles. The Bertz CT molecular complexity index is 914. The van der Waals surface area contributed by atoms with Crippen LogP contribution in [0.5, 0.6) is 0 Å². The van der Waals surface area contributed by atoms with Crippen LogP contribution >= 0.6 is 24.0 Å². The quantitative estimate of drug-likeness (QED) is 0.332. The molecule has 0 aliphatic carbocycles. The van der Waals surface area contributed by atoms with Gasteiger partial charge in [0.05, 0.1) is 12.2 Å². The topological polar surface area (TPSA) is 46.7 Å². The number of hydrogen-bond donors (Lipinski definition) is 2. The van der Waals surface area contributed by atoms with Gasteiger partial charge < -0.3 is 20.1 Å². The molecule has 0 amide bonds. The van der Waals surface area contributed by atoms with Crippen molar-refractivity contribution in [2.75, 3.05) is 38.1 Å². The van der Waals surface area contributed by atoms with Gasteiger partial charge in [0.1, 0.15) is 5.82 Å². The first-order chi connectivity index (χ1) is 13.2. The number of nitrogens with one attached hydrogen (secondary N) is 2. The number of aromatic nitrogens is 1. The van der Waals surface area contributed by atoms with E-state index in [-0.39, 0.29) is 29.8 Å². The molecule has 1 fully saturated rings. The smallest absolute Gasteiger partial charge is 0.194 e. The lowest BCUT2D eigenvalue weighted by atomic mass is 10.2. The number of guanidine groups is 1. The van der Waals surface area contributed by atoms with Gasteiger partial charge in [-0.25, -0.2) is 4.39 Å². The summed E-state index contributed by atoms with van der Waals surface area (Å²) in [6.07, 6.45) is 0. The summed E-state index contributed by atoms with van der Waals surface area (Å²) in [6.45, 7) is 3.85. The van der Waals surface area contributed by atoms with Gasteiger partial charge in [0, 0.05) is 44.4 Å². The molecule has 4 rings (SSSR count). The van der Waals surface area contributed by atoms with Gasteiger partial charge in [-0.1, -0.05) is 30.3 Å². The fourth-order valence-corrected chi connectivity index (χ4v) is 3.60. The number of para-hydroxylation sites is 2. The molecule has 1 aromatic heterocycles. The number of fused-ring (bicyclic) bond motifs is 1. The fourth-order valence-electron chi connectivity index (χ4n) is 3.60. The molecule has 0 saturated carbocycles. The van der Waals surface area contributed by atoms with E-state index in [1.54, 1.807) is 13.1 Å². The van der Waals surface area contributed by atoms with Gasteiger partial charge in [-0.15, -0.1) is 24.0 Å². The molecule has 2 N–H and O–H groups in total. The molecule has 28 heavy (non-hydrogen) atoms. The zero-order valence-corrected chi connectivity index (χ0v) is 18.2. The summed E-state index contributed by atoms with van der Waals surface area (Å²) in [6, 6.07) is 17.4. The van der Waals surface area contributed by atoms with Crippen LogP contribution in [0.3, 0.4) is 0 Å². The summed E-state index contributed by atoms with van der Waals surface area (Å²) in [5, 5.41) is 4.65. The summed E-state index contributed by atoms with van der Waals surface area (Å²) >= 11 is 0. The minimum Gasteiger partial charge on any atom is -0.366 e. The zero-order chi connectivity index (χ0) is 18.6. The Kier molecular flexibility index (Phi) is 6.77. The summed E-state index contributed by atoms with van der Waals surface area (Å²) < 4.78 is 14.0. The third kappa shape index (κ3) is 4.40. The molecule has 0 spiro atoms. The third-order valence-electron chi connectivity index (χ3n) is 5.01. The largest absolute Gasteiger partial charge is 0.366 e. The van der Waals surface area contributed by atoms with E-state index in [1.165, 1.54) is 11.5 Å². The molecule has 1 saturated heterocycles. The number of nitrogens with zero attached hydrogens (tertiary/aromatic N) is 3. The Balaban J connectivity index is 0.00000225. The van der Waals surface area contributed by atoms with Crippen LogP contribution < -0.4 is 10.2 Å². The maximum Gasteiger partial charge on any atom is 0.194 e. The Hall–Kier alpha value is -2.29. The highest BCUT2D eigenvalue weighted by Crippen LogP contribution is 2.20. The molecule has 148 valence electrons. The number of anilines is 1. The number of rotatable bonds is 3. The van der Waals surface area contributed by atoms with E-state index in [9.17, 15) is 4.39 Å². The average molecular weight is 493 g/mol. The molecule has 7 heteroatoms. The fraction of sp³-hybridized carbons (Fsp3) is 0.286. The minimum absolute atomic E-state index is 0. The van der Waals surface area contributed by atoms with E-state index < -0.39 is 0 Å². The summed E-state index contributed by atoms with van der Waals surface area (Å²) in [7, 11) is 1.80. The van der Waals surface area contributed by atoms with Gasteiger partial charge in [0.25, 0.3) is 0 Å². The molecule has 1 aliphatic rings. The highest BCUT2D eigenvalue weighted by atomic mass is 127. The van der Waals surface area contributed by atoms with Gasteiger partial charge in [-0.3, -0.25) is 4.99 Å². The number of hydrogen-bond acceptors (Lipinski definition) is 2. The zero-order valence-electron chi connectivity index (χ0n) is 15.9. The normalized spacial score (nSPS) is 14.9. The van der Waals surface area contributed by atoms with Crippen molar-refractivity contribution in [3.05, 3.63) is 66.1 Å². The second-order valence-electron chi connectivity index (χ2n) is 6.71. The van der Waals surface area contributed by atoms with Gasteiger partial charge in [0.2, 0.25) is 0 Å². The summed E-state index contributed by atoms with van der Waals surface area (Å²) in [5.41, 5.74) is 2.95. The van der Waals surface area contributed by atoms with Crippen LogP contribution in [0.25, 0.3) is 10.9 Å². The van der Waals surface area contributed by atoms with Crippen molar-refractivity contribution in [2.24, 2.45) is 4.99 Å². The molecule has 0 radical (unpaired) electrons. The van der Waals surface area contributed by atoms with Crippen molar-refractivity contribution < 1.29 is 4.39 Å². The SMILES string of the molecule is CN=C(NCc1cc2ccccc2[nH]1)N1CCN(c2ccccc2F)CC1.I. The van der Waals surface area contributed by atoms with E-state index in [1.807, 2.05) is 24.3 Å². The maximum absolute atomic E-state index is 14.0. The Morgan fingerprint density at radius 1 is 1.07 bits per heavy atom. The first-order valence-electron chi connectivity index (χ1n) is 9.26. The van der Waals surface area contributed by atoms with Crippen LogP contribution in [-0.4, -0.2) is 49.1 Å². The maximum atomic E-state index is 14.0. The highest BCUT2D eigenvalue weighted by Gasteiger charge is 2.21. The van der Waals surface area contributed by atoms with Crippen molar-refractivity contribution in [3.8, 4) is 0 Å². The molecular formula is C21H25FIN5. The van der Waals surface area contributed by atoms with Crippen molar-refractivity contribution in [1.29, 1.82) is 0 Å². The number of halogens is 2. The van der Waals surface area contributed by atoms with E-state index in [0.717, 1.165) is 43.3 Å². The van der Waals surface area contributed by atoms with E-state index in [0.29, 0.717) is 12.2 Å². The first kappa shape index (κ1) is 20.4. The number of H-pyrrole nitrogens is 1. The molecule has 0 unspecified atom stereocenters. The van der Waals surface area contributed by atoms with Crippen LogP contribution in [0.15, 0.2) is 59.6 Å². The van der Waals surface area contributed by atoms with Crippen LogP contribution in [0.4, 0.5) is 10.1 Å². The highest BCUT2D eigenvalue weighted by molar-refractivity contribution is 14.0. The van der Waals surface area contributed by atoms with Crippen molar-refractivity contribution in [3.63, 3.8) is 0 Å². The van der Waals surface area contributed by atoms with Crippen LogP contribution in [0, 0.1) is 5.82 Å². The van der Waals surface area contributed by atoms with Crippen molar-refractivity contribution in [2.45, 2.75) is 6.54 Å². The van der Waals surface area contributed by atoms with Crippen LogP contribution in [0.1, 0.15) is 5.69 Å². The van der Waals surface area contributed by atoms with Crippen LogP contribution in [0.2, 0.25) is 0 Å². The number of piperazine rings is 1. The standard InChI is InChI=1S/C21H24FN5.HI/c1-23-21(24-15-17-14-16-6-2-4-8-19(16)25-17)27-12-10-26(11-13-27)20-9-5-3-7-18(20)22;/h2-9,14,25H,10-13,15H2,1H3,(H,23,24);1H. The predicted molar refractivity (Wildman–Crippen MR) is 124 cm³/mol. The molecule has 0 bridgehead atoms. The molecule has 5 nitrogen and oxygen atoms in total. The molecular weight excluding hydrogens is 468 g/mol. The summed E-state index contributed by atoms with van der Waals surface area (Å²) in [5.74, 6) is 0.717. The van der Waals surface area contributed by atoms with E-state index >= 15 is 0 Å². The monoisotopic (exact) mass is 493 g/mol. The van der Waals surface area contributed by atoms with Gasteiger partial charge in [-0.2, -0.15) is 0 Å².